The van der Waals surface area contributed by atoms with Crippen molar-refractivity contribution in [2.75, 3.05) is 51.7 Å². The predicted molar refractivity (Wildman–Crippen MR) is 122 cm³/mol. The molecule has 3 fully saturated rings. The third-order valence-corrected chi connectivity index (χ3v) is 8.63. The van der Waals surface area contributed by atoms with Gasteiger partial charge in [0.1, 0.15) is 0 Å². The summed E-state index contributed by atoms with van der Waals surface area (Å²) < 4.78 is 7.69. The van der Waals surface area contributed by atoms with Gasteiger partial charge in [-0.2, -0.15) is 0 Å². The highest BCUT2D eigenvalue weighted by Crippen LogP contribution is 2.63. The maximum absolute atomic E-state index is 13.2. The van der Waals surface area contributed by atoms with E-state index in [0.717, 1.165) is 45.9 Å². The van der Waals surface area contributed by atoms with Crippen molar-refractivity contribution in [1.29, 1.82) is 0 Å². The lowest BCUT2D eigenvalue weighted by atomic mass is 9.48. The van der Waals surface area contributed by atoms with Gasteiger partial charge in [-0.1, -0.05) is 32.0 Å². The van der Waals surface area contributed by atoms with E-state index in [1.165, 1.54) is 22.2 Å². The molecule has 0 bridgehead atoms. The Bertz CT molecular complexity index is 949. The lowest BCUT2D eigenvalue weighted by Crippen LogP contribution is -2.59. The molecule has 5 rings (SSSR count). The van der Waals surface area contributed by atoms with Gasteiger partial charge < -0.3 is 14.2 Å². The Balaban J connectivity index is 1.26. The number of morpholine rings is 1. The van der Waals surface area contributed by atoms with E-state index >= 15 is 0 Å². The molecule has 2 aliphatic heterocycles. The van der Waals surface area contributed by atoms with Crippen molar-refractivity contribution in [3.05, 3.63) is 30.5 Å². The molecule has 3 heterocycles. The average Bonchev–Trinajstić information content (AvgIpc) is 3.22. The van der Waals surface area contributed by atoms with Crippen molar-refractivity contribution in [2.24, 2.45) is 23.8 Å². The summed E-state index contributed by atoms with van der Waals surface area (Å²) in [4.78, 5) is 19.1. The molecule has 1 amide bonds. The molecular weight excluding hydrogens is 394 g/mol. The molecule has 3 aliphatic rings. The van der Waals surface area contributed by atoms with Crippen LogP contribution in [0.3, 0.4) is 0 Å². The topological polar surface area (TPSA) is 37.7 Å². The van der Waals surface area contributed by atoms with Gasteiger partial charge in [-0.25, -0.2) is 0 Å². The van der Waals surface area contributed by atoms with Crippen LogP contribution < -0.4 is 0 Å². The molecule has 1 aliphatic carbocycles. The van der Waals surface area contributed by atoms with Gasteiger partial charge in [-0.15, -0.1) is 11.8 Å². The zero-order valence-corrected chi connectivity index (χ0v) is 19.2. The Morgan fingerprint density at radius 1 is 1.23 bits per heavy atom. The highest BCUT2D eigenvalue weighted by Gasteiger charge is 2.63. The molecule has 0 N–H and O–H groups in total. The number of carbonyl (C=O) groups excluding carboxylic acids is 1. The van der Waals surface area contributed by atoms with Gasteiger partial charge in [0.15, 0.2) is 0 Å². The smallest absolute Gasteiger partial charge is 0.232 e. The molecule has 1 saturated carbocycles. The number of hydrogen-bond acceptors (Lipinski definition) is 4. The first-order valence-electron chi connectivity index (χ1n) is 11.1. The van der Waals surface area contributed by atoms with Crippen LogP contribution in [-0.2, 0) is 16.6 Å². The minimum Gasteiger partial charge on any atom is -0.379 e. The number of hydrogen-bond donors (Lipinski definition) is 0. The molecule has 6 heteroatoms. The number of ether oxygens (including phenoxy) is 1. The summed E-state index contributed by atoms with van der Waals surface area (Å²) in [6.07, 6.45) is 3.38. The third-order valence-electron chi connectivity index (χ3n) is 7.61. The second kappa shape index (κ2) is 7.57. The SMILES string of the molecule is Cn1cc(SCC(=O)N2C[C@@H]3C(C)(C)C[C@]3(CN3CCOCC3)C2)c2ccccc21. The summed E-state index contributed by atoms with van der Waals surface area (Å²) in [6, 6.07) is 8.43. The lowest BCUT2D eigenvalue weighted by molar-refractivity contribution is -0.127. The van der Waals surface area contributed by atoms with Crippen molar-refractivity contribution >= 4 is 28.6 Å². The van der Waals surface area contributed by atoms with E-state index in [1.54, 1.807) is 11.8 Å². The van der Waals surface area contributed by atoms with Gasteiger partial charge in [-0.3, -0.25) is 9.69 Å². The first-order chi connectivity index (χ1) is 14.4. The maximum Gasteiger partial charge on any atom is 0.232 e. The van der Waals surface area contributed by atoms with Crippen LogP contribution in [0.4, 0.5) is 0 Å². The summed E-state index contributed by atoms with van der Waals surface area (Å²) in [7, 11) is 2.07. The van der Waals surface area contributed by atoms with Crippen LogP contribution in [0.1, 0.15) is 20.3 Å². The molecule has 2 atom stereocenters. The molecule has 2 aromatic rings. The fraction of sp³-hybridized carbons (Fsp3) is 0.625. The normalized spacial score (nSPS) is 28.5. The summed E-state index contributed by atoms with van der Waals surface area (Å²) in [5.74, 6) is 1.42. The Morgan fingerprint density at radius 2 is 2.00 bits per heavy atom. The molecule has 0 radical (unpaired) electrons. The molecule has 0 spiro atoms. The minimum atomic E-state index is 0.278. The first-order valence-corrected chi connectivity index (χ1v) is 12.1. The molecule has 162 valence electrons. The molecule has 1 aromatic heterocycles. The average molecular weight is 428 g/mol. The van der Waals surface area contributed by atoms with E-state index in [9.17, 15) is 4.79 Å². The summed E-state index contributed by atoms with van der Waals surface area (Å²) >= 11 is 1.68. The van der Waals surface area contributed by atoms with Crippen LogP contribution in [0.5, 0.6) is 0 Å². The number of benzene rings is 1. The maximum atomic E-state index is 13.2. The number of amides is 1. The van der Waals surface area contributed by atoms with Gasteiger partial charge in [-0.05, 0) is 23.8 Å². The molecule has 5 nitrogen and oxygen atoms in total. The van der Waals surface area contributed by atoms with Crippen molar-refractivity contribution in [1.82, 2.24) is 14.4 Å². The Morgan fingerprint density at radius 3 is 2.77 bits per heavy atom. The lowest BCUT2D eigenvalue weighted by Gasteiger charge is -2.58. The van der Waals surface area contributed by atoms with Crippen LogP contribution in [0.15, 0.2) is 35.4 Å². The Labute approximate surface area is 183 Å². The minimum absolute atomic E-state index is 0.278. The Kier molecular flexibility index (Phi) is 5.15. The number of aromatic nitrogens is 1. The highest BCUT2D eigenvalue weighted by molar-refractivity contribution is 8.00. The monoisotopic (exact) mass is 427 g/mol. The van der Waals surface area contributed by atoms with E-state index < -0.39 is 0 Å². The second-order valence-corrected chi connectivity index (χ2v) is 11.2. The van der Waals surface area contributed by atoms with Gasteiger partial charge in [0, 0.05) is 67.2 Å². The van der Waals surface area contributed by atoms with Crippen molar-refractivity contribution in [3.63, 3.8) is 0 Å². The van der Waals surface area contributed by atoms with Crippen LogP contribution in [-0.4, -0.2) is 72.0 Å². The molecule has 30 heavy (non-hydrogen) atoms. The highest BCUT2D eigenvalue weighted by atomic mass is 32.2. The zero-order chi connectivity index (χ0) is 20.9. The summed E-state index contributed by atoms with van der Waals surface area (Å²) in [5.41, 5.74) is 1.84. The van der Waals surface area contributed by atoms with Gasteiger partial charge in [0.25, 0.3) is 0 Å². The number of likely N-dealkylation sites (tertiary alicyclic amines) is 1. The standard InChI is InChI=1S/C24H33N3O2S/c1-23(2)15-24(16-26-8-10-29-11-9-26)17-27(13-21(23)24)22(28)14-30-20-12-25(3)19-7-5-4-6-18(19)20/h4-7,12,21H,8-11,13-17H2,1-3H3/t21-,24+/m1/s1. The Hall–Kier alpha value is -1.50. The quantitative estimate of drug-likeness (QED) is 0.685. The van der Waals surface area contributed by atoms with Gasteiger partial charge in [0.05, 0.1) is 19.0 Å². The fourth-order valence-electron chi connectivity index (χ4n) is 6.38. The summed E-state index contributed by atoms with van der Waals surface area (Å²) in [5, 5.41) is 1.24. The number of fused-ring (bicyclic) bond motifs is 2. The predicted octanol–water partition coefficient (Wildman–Crippen LogP) is 3.48. The summed E-state index contributed by atoms with van der Waals surface area (Å²) in [6.45, 7) is 11.5. The molecular formula is C24H33N3O2S. The third kappa shape index (κ3) is 3.47. The number of carbonyl (C=O) groups is 1. The number of para-hydroxylation sites is 1. The van der Waals surface area contributed by atoms with Crippen LogP contribution in [0.25, 0.3) is 10.9 Å². The second-order valence-electron chi connectivity index (χ2n) is 10.2. The number of nitrogens with zero attached hydrogens (tertiary/aromatic N) is 3. The van der Waals surface area contributed by atoms with Crippen LogP contribution >= 0.6 is 11.8 Å². The molecule has 1 aromatic carbocycles. The largest absolute Gasteiger partial charge is 0.379 e. The number of rotatable bonds is 5. The van der Waals surface area contributed by atoms with E-state index in [1.807, 2.05) is 0 Å². The zero-order valence-electron chi connectivity index (χ0n) is 18.4. The van der Waals surface area contributed by atoms with Gasteiger partial charge >= 0.3 is 0 Å². The van der Waals surface area contributed by atoms with E-state index in [4.69, 9.17) is 4.74 Å². The fourth-order valence-corrected chi connectivity index (χ4v) is 7.41. The van der Waals surface area contributed by atoms with Crippen molar-refractivity contribution in [2.45, 2.75) is 25.2 Å². The van der Waals surface area contributed by atoms with E-state index in [-0.39, 0.29) is 5.41 Å². The van der Waals surface area contributed by atoms with Gasteiger partial charge in [0.2, 0.25) is 5.91 Å². The first kappa shape index (κ1) is 20.4. The van der Waals surface area contributed by atoms with E-state index in [2.05, 4.69) is 65.7 Å². The number of aryl methyl sites for hydroxylation is 1. The van der Waals surface area contributed by atoms with Crippen LogP contribution in [0, 0.1) is 16.7 Å². The van der Waals surface area contributed by atoms with E-state index in [0.29, 0.717) is 23.0 Å². The van der Waals surface area contributed by atoms with Crippen molar-refractivity contribution in [3.8, 4) is 0 Å². The molecule has 2 saturated heterocycles. The number of thioether (sulfide) groups is 1. The van der Waals surface area contributed by atoms with Crippen LogP contribution in [0.2, 0.25) is 0 Å². The molecule has 0 unspecified atom stereocenters. The van der Waals surface area contributed by atoms with Crippen molar-refractivity contribution < 1.29 is 9.53 Å².